The van der Waals surface area contributed by atoms with E-state index >= 15 is 0 Å². The molecule has 0 bridgehead atoms. The van der Waals surface area contributed by atoms with Crippen molar-refractivity contribution in [1.82, 2.24) is 0 Å². The number of thiophene rings is 1. The average Bonchev–Trinajstić information content (AvgIpc) is 3.54. The molecule has 9 rings (SSSR count). The molecule has 2 heteroatoms. The van der Waals surface area contributed by atoms with E-state index in [1.807, 2.05) is 11.3 Å². The molecule has 0 saturated carbocycles. The molecule has 0 aliphatic carbocycles. The molecule has 0 atom stereocenters. The largest absolute Gasteiger partial charge is 0.309 e. The lowest BCUT2D eigenvalue weighted by atomic mass is 9.97. The van der Waals surface area contributed by atoms with Gasteiger partial charge in [-0.1, -0.05) is 140 Å². The van der Waals surface area contributed by atoms with Gasteiger partial charge in [0.2, 0.25) is 0 Å². The van der Waals surface area contributed by atoms with Crippen LogP contribution < -0.4 is 4.90 Å². The molecule has 0 aliphatic rings. The molecule has 226 valence electrons. The van der Waals surface area contributed by atoms with E-state index in [2.05, 4.69) is 193 Å². The molecular weight excluding hydrogens is 599 g/mol. The molecule has 1 nitrogen and oxygen atoms in total. The molecule has 48 heavy (non-hydrogen) atoms. The third-order valence-electron chi connectivity index (χ3n) is 9.24. The number of para-hydroxylation sites is 2. The van der Waals surface area contributed by atoms with Crippen molar-refractivity contribution in [2.45, 2.75) is 0 Å². The van der Waals surface area contributed by atoms with Crippen molar-refractivity contribution < 1.29 is 0 Å². The van der Waals surface area contributed by atoms with E-state index in [9.17, 15) is 0 Å². The van der Waals surface area contributed by atoms with Crippen molar-refractivity contribution in [3.63, 3.8) is 0 Å². The van der Waals surface area contributed by atoms with Crippen LogP contribution in [0.3, 0.4) is 0 Å². The van der Waals surface area contributed by atoms with Gasteiger partial charge < -0.3 is 4.90 Å². The van der Waals surface area contributed by atoms with Crippen molar-refractivity contribution in [2.75, 3.05) is 4.90 Å². The van der Waals surface area contributed by atoms with Crippen molar-refractivity contribution in [3.05, 3.63) is 188 Å². The van der Waals surface area contributed by atoms with E-state index in [1.54, 1.807) is 0 Å². The summed E-state index contributed by atoms with van der Waals surface area (Å²) >= 11 is 1.87. The summed E-state index contributed by atoms with van der Waals surface area (Å²) in [7, 11) is 0. The summed E-state index contributed by atoms with van der Waals surface area (Å²) in [5, 5.41) is 5.04. The van der Waals surface area contributed by atoms with Crippen molar-refractivity contribution in [2.24, 2.45) is 0 Å². The van der Waals surface area contributed by atoms with Gasteiger partial charge in [0.25, 0.3) is 0 Å². The highest BCUT2D eigenvalue weighted by Gasteiger charge is 2.21. The first-order chi connectivity index (χ1) is 23.8. The first-order valence-electron chi connectivity index (χ1n) is 16.3. The standard InChI is InChI=1S/C46H31NS/c1-3-13-32(14-4-1)35-17-11-18-36(29-35)37-27-28-41-45(31-37)48-44-24-12-23-43(46(41)44)47(39-19-5-2-6-20-39)42-22-10-9-21-40(42)38-26-25-33-15-7-8-16-34(33)30-38/h1-31H. The number of rotatable bonds is 6. The second-order valence-electron chi connectivity index (χ2n) is 12.2. The van der Waals surface area contributed by atoms with Crippen LogP contribution in [0.25, 0.3) is 64.3 Å². The van der Waals surface area contributed by atoms with Gasteiger partial charge in [0, 0.05) is 31.4 Å². The number of hydrogen-bond donors (Lipinski definition) is 0. The average molecular weight is 630 g/mol. The first-order valence-corrected chi connectivity index (χ1v) is 17.2. The highest BCUT2D eigenvalue weighted by Crippen LogP contribution is 2.47. The second kappa shape index (κ2) is 12.0. The van der Waals surface area contributed by atoms with Crippen LogP contribution in [0.4, 0.5) is 17.1 Å². The Hall–Kier alpha value is -5.96. The second-order valence-corrected chi connectivity index (χ2v) is 13.2. The Kier molecular flexibility index (Phi) is 7.07. The molecule has 1 aromatic heterocycles. The molecule has 9 aromatic rings. The molecule has 0 aliphatic heterocycles. The van der Waals surface area contributed by atoms with Gasteiger partial charge in [-0.05, 0) is 87.1 Å². The Morgan fingerprint density at radius 2 is 0.979 bits per heavy atom. The van der Waals surface area contributed by atoms with E-state index in [0.29, 0.717) is 0 Å². The van der Waals surface area contributed by atoms with Crippen molar-refractivity contribution in [3.8, 4) is 33.4 Å². The number of hydrogen-bond acceptors (Lipinski definition) is 2. The Labute approximate surface area is 284 Å². The molecule has 0 fully saturated rings. The van der Waals surface area contributed by atoms with Crippen LogP contribution in [0, 0.1) is 0 Å². The smallest absolute Gasteiger partial charge is 0.0555 e. The monoisotopic (exact) mass is 629 g/mol. The third-order valence-corrected chi connectivity index (χ3v) is 10.4. The van der Waals surface area contributed by atoms with Gasteiger partial charge in [-0.2, -0.15) is 0 Å². The predicted molar refractivity (Wildman–Crippen MR) is 208 cm³/mol. The van der Waals surface area contributed by atoms with E-state index in [-0.39, 0.29) is 0 Å². The molecule has 0 amide bonds. The van der Waals surface area contributed by atoms with Crippen LogP contribution in [-0.4, -0.2) is 0 Å². The normalized spacial score (nSPS) is 11.3. The Balaban J connectivity index is 1.21. The molecule has 0 spiro atoms. The maximum Gasteiger partial charge on any atom is 0.0555 e. The zero-order valence-electron chi connectivity index (χ0n) is 26.3. The Bertz CT molecular complexity index is 2560. The van der Waals surface area contributed by atoms with Gasteiger partial charge >= 0.3 is 0 Å². The summed E-state index contributed by atoms with van der Waals surface area (Å²) in [6.07, 6.45) is 0. The molecule has 0 radical (unpaired) electrons. The van der Waals surface area contributed by atoms with Crippen LogP contribution in [0.2, 0.25) is 0 Å². The minimum atomic E-state index is 1.13. The number of fused-ring (bicyclic) bond motifs is 4. The summed E-state index contributed by atoms with van der Waals surface area (Å²) in [6.45, 7) is 0. The number of anilines is 3. The summed E-state index contributed by atoms with van der Waals surface area (Å²) in [6, 6.07) is 68.1. The van der Waals surface area contributed by atoms with E-state index in [0.717, 1.165) is 11.4 Å². The zero-order valence-corrected chi connectivity index (χ0v) is 27.1. The minimum absolute atomic E-state index is 1.13. The minimum Gasteiger partial charge on any atom is -0.309 e. The number of nitrogens with zero attached hydrogens (tertiary/aromatic N) is 1. The molecule has 8 aromatic carbocycles. The van der Waals surface area contributed by atoms with Gasteiger partial charge in [0.05, 0.1) is 11.4 Å². The van der Waals surface area contributed by atoms with E-state index in [1.165, 1.54) is 70.0 Å². The SMILES string of the molecule is c1ccc(-c2cccc(-c3ccc4c(c3)sc3cccc(N(c5ccccc5)c5ccccc5-c5ccc6ccccc6c5)c34)c2)cc1. The molecule has 0 unspecified atom stereocenters. The fourth-order valence-corrected chi connectivity index (χ4v) is 8.10. The van der Waals surface area contributed by atoms with Gasteiger partial charge in [0.15, 0.2) is 0 Å². The summed E-state index contributed by atoms with van der Waals surface area (Å²) in [4.78, 5) is 2.44. The maximum absolute atomic E-state index is 2.44. The fourth-order valence-electron chi connectivity index (χ4n) is 6.94. The number of benzene rings is 8. The summed E-state index contributed by atoms with van der Waals surface area (Å²) < 4.78 is 2.57. The fraction of sp³-hybridized carbons (Fsp3) is 0. The Morgan fingerprint density at radius 1 is 0.354 bits per heavy atom. The summed E-state index contributed by atoms with van der Waals surface area (Å²) in [5.41, 5.74) is 10.8. The maximum atomic E-state index is 2.44. The molecule has 0 saturated heterocycles. The van der Waals surface area contributed by atoms with Crippen molar-refractivity contribution in [1.29, 1.82) is 0 Å². The topological polar surface area (TPSA) is 3.24 Å². The zero-order chi connectivity index (χ0) is 31.9. The molecule has 1 heterocycles. The van der Waals surface area contributed by atoms with Crippen LogP contribution >= 0.6 is 11.3 Å². The molecule has 0 N–H and O–H groups in total. The van der Waals surface area contributed by atoms with Crippen LogP contribution in [0.15, 0.2) is 188 Å². The Morgan fingerprint density at radius 3 is 1.83 bits per heavy atom. The van der Waals surface area contributed by atoms with Crippen LogP contribution in [-0.2, 0) is 0 Å². The van der Waals surface area contributed by atoms with Gasteiger partial charge in [-0.3, -0.25) is 0 Å². The third kappa shape index (κ3) is 5.04. The molecular formula is C46H31NS. The van der Waals surface area contributed by atoms with Gasteiger partial charge in [-0.15, -0.1) is 11.3 Å². The lowest BCUT2D eigenvalue weighted by Gasteiger charge is -2.28. The van der Waals surface area contributed by atoms with Crippen LogP contribution in [0.5, 0.6) is 0 Å². The van der Waals surface area contributed by atoms with E-state index < -0.39 is 0 Å². The lowest BCUT2D eigenvalue weighted by molar-refractivity contribution is 1.30. The highest BCUT2D eigenvalue weighted by molar-refractivity contribution is 7.26. The highest BCUT2D eigenvalue weighted by atomic mass is 32.1. The van der Waals surface area contributed by atoms with Crippen LogP contribution in [0.1, 0.15) is 0 Å². The lowest BCUT2D eigenvalue weighted by Crippen LogP contribution is -2.11. The predicted octanol–water partition coefficient (Wildman–Crippen LogP) is 13.7. The first kappa shape index (κ1) is 28.3. The quantitative estimate of drug-likeness (QED) is 0.177. The summed E-state index contributed by atoms with van der Waals surface area (Å²) in [5.74, 6) is 0. The van der Waals surface area contributed by atoms with Crippen molar-refractivity contribution >= 4 is 59.3 Å². The van der Waals surface area contributed by atoms with E-state index in [4.69, 9.17) is 0 Å². The van der Waals surface area contributed by atoms with Gasteiger partial charge in [-0.25, -0.2) is 0 Å². The van der Waals surface area contributed by atoms with Gasteiger partial charge in [0.1, 0.15) is 0 Å².